The van der Waals surface area contributed by atoms with Gasteiger partial charge in [-0.3, -0.25) is 4.90 Å². The quantitative estimate of drug-likeness (QED) is 0.137. The molecule has 0 bridgehead atoms. The predicted octanol–water partition coefficient (Wildman–Crippen LogP) is 6.27. The average Bonchev–Trinajstić information content (AvgIpc) is 2.99. The molecule has 0 spiro atoms. The molecule has 0 radical (unpaired) electrons. The lowest BCUT2D eigenvalue weighted by atomic mass is 9.95. The summed E-state index contributed by atoms with van der Waals surface area (Å²) in [6, 6.07) is 14.9. The van der Waals surface area contributed by atoms with E-state index in [0.29, 0.717) is 0 Å². The summed E-state index contributed by atoms with van der Waals surface area (Å²) in [5, 5.41) is 0. The lowest BCUT2D eigenvalue weighted by molar-refractivity contribution is 0.271. The smallest absolute Gasteiger partial charge is 0.0234 e. The van der Waals surface area contributed by atoms with Crippen molar-refractivity contribution in [2.75, 3.05) is 97.7 Å². The van der Waals surface area contributed by atoms with Gasteiger partial charge in [-0.1, -0.05) is 36.4 Å². The first-order valence-corrected chi connectivity index (χ1v) is 18.9. The van der Waals surface area contributed by atoms with Crippen molar-refractivity contribution in [1.82, 2.24) is 34.3 Å². The van der Waals surface area contributed by atoms with Gasteiger partial charge in [-0.15, -0.1) is 0 Å². The highest BCUT2D eigenvalue weighted by Crippen LogP contribution is 2.25. The minimum absolute atomic E-state index is 0.947. The second kappa shape index (κ2) is 20.0. The number of rotatable bonds is 20. The van der Waals surface area contributed by atoms with Crippen LogP contribution < -0.4 is 0 Å². The fourth-order valence-corrected chi connectivity index (χ4v) is 7.25. The van der Waals surface area contributed by atoms with E-state index in [1.54, 1.807) is 0 Å². The van der Waals surface area contributed by atoms with E-state index in [0.717, 1.165) is 71.7 Å². The van der Waals surface area contributed by atoms with E-state index in [1.165, 1.54) is 66.8 Å². The van der Waals surface area contributed by atoms with Gasteiger partial charge in [-0.05, 0) is 185 Å². The summed E-state index contributed by atoms with van der Waals surface area (Å²) in [5.74, 6) is 0. The monoisotopic (exact) mass is 700 g/mol. The van der Waals surface area contributed by atoms with Gasteiger partial charge >= 0.3 is 0 Å². The van der Waals surface area contributed by atoms with Gasteiger partial charge in [0.15, 0.2) is 0 Å². The molecule has 0 atom stereocenters. The Morgan fingerprint density at radius 3 is 0.745 bits per heavy atom. The van der Waals surface area contributed by atoms with Crippen LogP contribution in [0.4, 0.5) is 0 Å². The first-order valence-electron chi connectivity index (χ1n) is 18.9. The van der Waals surface area contributed by atoms with Crippen molar-refractivity contribution in [2.45, 2.75) is 79.4 Å². The molecule has 0 saturated heterocycles. The van der Waals surface area contributed by atoms with Gasteiger partial charge < -0.3 is 29.4 Å². The van der Waals surface area contributed by atoms with E-state index in [2.05, 4.69) is 176 Å². The molecule has 3 aromatic rings. The highest BCUT2D eigenvalue weighted by molar-refractivity contribution is 5.41. The zero-order chi connectivity index (χ0) is 38.0. The molecule has 0 aliphatic rings. The van der Waals surface area contributed by atoms with Crippen LogP contribution in [0.15, 0.2) is 36.4 Å². The summed E-state index contributed by atoms with van der Waals surface area (Å²) in [5.41, 5.74) is 17.3. The van der Waals surface area contributed by atoms with Crippen LogP contribution in [0, 0.1) is 20.8 Å². The molecule has 7 heteroatoms. The van der Waals surface area contributed by atoms with Gasteiger partial charge in [0.1, 0.15) is 0 Å². The van der Waals surface area contributed by atoms with E-state index < -0.39 is 0 Å². The molecule has 7 nitrogen and oxygen atoms in total. The molecular weight excluding hydrogens is 627 g/mol. The van der Waals surface area contributed by atoms with Crippen molar-refractivity contribution < 1.29 is 0 Å². The third kappa shape index (κ3) is 14.0. The SMILES string of the molecule is Cc1c(CN(C)C)cc(CCN(CCc2cc(CN(C)C)c(C)c(CN(C)C)c2)Cc2cc(CN(C)C)c(C)c(CN(C)C)c2)cc1CN(C)C. The maximum absolute atomic E-state index is 2.72. The second-order valence-corrected chi connectivity index (χ2v) is 16.8. The fourth-order valence-electron chi connectivity index (χ4n) is 7.25. The van der Waals surface area contributed by atoms with Crippen LogP contribution in [-0.4, -0.2) is 132 Å². The zero-order valence-electron chi connectivity index (χ0n) is 35.4. The van der Waals surface area contributed by atoms with Gasteiger partial charge in [0.05, 0.1) is 0 Å². The average molecular weight is 700 g/mol. The molecule has 0 aliphatic heterocycles. The summed E-state index contributed by atoms with van der Waals surface area (Å²) in [6.45, 7) is 15.7. The van der Waals surface area contributed by atoms with Crippen LogP contribution in [0.2, 0.25) is 0 Å². The predicted molar refractivity (Wildman–Crippen MR) is 221 cm³/mol. The minimum atomic E-state index is 0.947. The van der Waals surface area contributed by atoms with Crippen LogP contribution in [-0.2, 0) is 58.7 Å². The molecule has 0 aliphatic carbocycles. The van der Waals surface area contributed by atoms with Crippen molar-refractivity contribution in [3.8, 4) is 0 Å². The van der Waals surface area contributed by atoms with Crippen LogP contribution in [0.1, 0.15) is 66.8 Å². The second-order valence-electron chi connectivity index (χ2n) is 16.8. The topological polar surface area (TPSA) is 22.7 Å². The van der Waals surface area contributed by atoms with Crippen molar-refractivity contribution in [1.29, 1.82) is 0 Å². The number of nitrogens with zero attached hydrogens (tertiary/aromatic N) is 7. The molecule has 3 aromatic carbocycles. The van der Waals surface area contributed by atoms with Gasteiger partial charge in [-0.2, -0.15) is 0 Å². The Bertz CT molecular complexity index is 1370. The third-order valence-electron chi connectivity index (χ3n) is 9.81. The maximum Gasteiger partial charge on any atom is 0.0234 e. The Balaban J connectivity index is 2.03. The van der Waals surface area contributed by atoms with Gasteiger partial charge in [0, 0.05) is 58.9 Å². The summed E-state index contributed by atoms with van der Waals surface area (Å²) in [7, 11) is 26.1. The molecule has 0 saturated carbocycles. The Kier molecular flexibility index (Phi) is 16.8. The Hall–Kier alpha value is -2.62. The first-order chi connectivity index (χ1) is 23.9. The molecule has 0 fully saturated rings. The highest BCUT2D eigenvalue weighted by atomic mass is 15.1. The molecule has 284 valence electrons. The maximum atomic E-state index is 2.72. The Labute approximate surface area is 313 Å². The van der Waals surface area contributed by atoms with Gasteiger partial charge in [0.25, 0.3) is 0 Å². The van der Waals surface area contributed by atoms with Crippen molar-refractivity contribution in [2.24, 2.45) is 0 Å². The van der Waals surface area contributed by atoms with Crippen LogP contribution in [0.5, 0.6) is 0 Å². The fraction of sp³-hybridized carbons (Fsp3) is 0.591. The molecule has 51 heavy (non-hydrogen) atoms. The first kappa shape index (κ1) is 42.8. The molecule has 3 rings (SSSR count). The number of hydrogen-bond donors (Lipinski definition) is 0. The van der Waals surface area contributed by atoms with Crippen molar-refractivity contribution in [3.63, 3.8) is 0 Å². The van der Waals surface area contributed by atoms with Crippen LogP contribution in [0.3, 0.4) is 0 Å². The van der Waals surface area contributed by atoms with E-state index >= 15 is 0 Å². The third-order valence-corrected chi connectivity index (χ3v) is 9.81. The molecule has 0 amide bonds. The molecule has 0 N–H and O–H groups in total. The van der Waals surface area contributed by atoms with Crippen molar-refractivity contribution >= 4 is 0 Å². The molecule has 0 aromatic heterocycles. The summed E-state index contributed by atoms with van der Waals surface area (Å²) in [6.07, 6.45) is 2.07. The minimum Gasteiger partial charge on any atom is -0.305 e. The summed E-state index contributed by atoms with van der Waals surface area (Å²) in [4.78, 5) is 16.5. The standard InChI is InChI=1S/C44H73N7/c1-33-39(27-45(4)5)20-36(21-40(33)28-46(6)7)16-18-51(26-38-24-43(31-49(12)13)35(3)44(25-38)32-50(14)15)19-17-37-22-41(29-47(8)9)34(2)42(23-37)30-48(10)11/h20-25H,16-19,26-32H2,1-15H3. The van der Waals surface area contributed by atoms with E-state index in [1.807, 2.05) is 0 Å². The zero-order valence-corrected chi connectivity index (χ0v) is 35.4. The highest BCUT2D eigenvalue weighted by Gasteiger charge is 2.16. The van der Waals surface area contributed by atoms with Crippen LogP contribution >= 0.6 is 0 Å². The summed E-state index contributed by atoms with van der Waals surface area (Å²) < 4.78 is 0. The molecule has 0 heterocycles. The Morgan fingerprint density at radius 1 is 0.314 bits per heavy atom. The van der Waals surface area contributed by atoms with E-state index in [-0.39, 0.29) is 0 Å². The summed E-state index contributed by atoms with van der Waals surface area (Å²) >= 11 is 0. The number of benzene rings is 3. The van der Waals surface area contributed by atoms with Crippen LogP contribution in [0.25, 0.3) is 0 Å². The number of hydrogen-bond acceptors (Lipinski definition) is 7. The Morgan fingerprint density at radius 2 is 0.529 bits per heavy atom. The lowest BCUT2D eigenvalue weighted by Gasteiger charge is -2.26. The molecular formula is C44H73N7. The van der Waals surface area contributed by atoms with Crippen molar-refractivity contribution in [3.05, 3.63) is 103 Å². The lowest BCUT2D eigenvalue weighted by Crippen LogP contribution is -2.29. The van der Waals surface area contributed by atoms with Gasteiger partial charge in [0.2, 0.25) is 0 Å². The molecule has 0 unspecified atom stereocenters. The normalized spacial score (nSPS) is 12.4. The van der Waals surface area contributed by atoms with Gasteiger partial charge in [-0.25, -0.2) is 0 Å². The van der Waals surface area contributed by atoms with E-state index in [9.17, 15) is 0 Å². The largest absolute Gasteiger partial charge is 0.305 e. The van der Waals surface area contributed by atoms with E-state index in [4.69, 9.17) is 0 Å².